The number of amides is 1. The lowest BCUT2D eigenvalue weighted by Gasteiger charge is -2.15. The number of hydrogen-bond donors (Lipinski definition) is 1. The zero-order chi connectivity index (χ0) is 19.3. The number of ether oxygens (including phenoxy) is 2. The van der Waals surface area contributed by atoms with Gasteiger partial charge in [0, 0.05) is 11.6 Å². The Labute approximate surface area is 163 Å². The van der Waals surface area contributed by atoms with E-state index in [1.807, 2.05) is 36.4 Å². The molecule has 142 valence electrons. The fraction of sp³-hybridized carbons (Fsp3) is 0.333. The number of methoxy groups -OCH3 is 1. The van der Waals surface area contributed by atoms with Gasteiger partial charge in [0.15, 0.2) is 6.61 Å². The zero-order valence-corrected chi connectivity index (χ0v) is 15.9. The molecular formula is C21H22ClNO4. The molecule has 0 unspecified atom stereocenters. The molecule has 6 heteroatoms. The summed E-state index contributed by atoms with van der Waals surface area (Å²) in [5.74, 6) is 0.142. The predicted octanol–water partition coefficient (Wildman–Crippen LogP) is 3.28. The Morgan fingerprint density at radius 3 is 2.33 bits per heavy atom. The van der Waals surface area contributed by atoms with Crippen LogP contribution < -0.4 is 10.1 Å². The minimum atomic E-state index is -0.617. The van der Waals surface area contributed by atoms with E-state index in [9.17, 15) is 9.59 Å². The highest BCUT2D eigenvalue weighted by atomic mass is 35.5. The van der Waals surface area contributed by atoms with E-state index in [1.165, 1.54) is 0 Å². The van der Waals surface area contributed by atoms with E-state index in [4.69, 9.17) is 21.1 Å². The molecule has 2 aromatic carbocycles. The van der Waals surface area contributed by atoms with Crippen LogP contribution in [0.5, 0.6) is 5.75 Å². The van der Waals surface area contributed by atoms with Crippen LogP contribution in [0.2, 0.25) is 5.02 Å². The van der Waals surface area contributed by atoms with Crippen LogP contribution in [0.1, 0.15) is 24.0 Å². The number of benzene rings is 2. The summed E-state index contributed by atoms with van der Waals surface area (Å²) in [6.45, 7) is 0.210. The summed E-state index contributed by atoms with van der Waals surface area (Å²) in [4.78, 5) is 24.4. The third-order valence-electron chi connectivity index (χ3n) is 4.77. The molecular weight excluding hydrogens is 366 g/mol. The second-order valence-corrected chi connectivity index (χ2v) is 7.05. The van der Waals surface area contributed by atoms with Crippen LogP contribution in [0.25, 0.3) is 0 Å². The van der Waals surface area contributed by atoms with Crippen molar-refractivity contribution < 1.29 is 19.1 Å². The van der Waals surface area contributed by atoms with E-state index in [1.54, 1.807) is 19.2 Å². The van der Waals surface area contributed by atoms with Gasteiger partial charge in [0.1, 0.15) is 5.75 Å². The van der Waals surface area contributed by atoms with Gasteiger partial charge < -0.3 is 14.8 Å². The molecule has 1 aliphatic rings. The number of halogens is 1. The third kappa shape index (κ3) is 4.80. The van der Waals surface area contributed by atoms with E-state index in [0.29, 0.717) is 18.0 Å². The van der Waals surface area contributed by atoms with Crippen molar-refractivity contribution in [1.29, 1.82) is 0 Å². The molecule has 0 atom stereocenters. The summed E-state index contributed by atoms with van der Waals surface area (Å²) >= 11 is 5.90. The van der Waals surface area contributed by atoms with Crippen LogP contribution >= 0.6 is 11.6 Å². The highest BCUT2D eigenvalue weighted by Gasteiger charge is 2.52. The smallest absolute Gasteiger partial charge is 0.317 e. The minimum Gasteiger partial charge on any atom is -0.497 e. The van der Waals surface area contributed by atoms with Gasteiger partial charge in [-0.05, 0) is 54.7 Å². The average molecular weight is 388 g/mol. The number of carbonyl (C=O) groups is 2. The largest absolute Gasteiger partial charge is 0.497 e. The number of esters is 1. The summed E-state index contributed by atoms with van der Waals surface area (Å²) in [7, 11) is 1.62. The van der Waals surface area contributed by atoms with Crippen LogP contribution in [-0.2, 0) is 26.2 Å². The fourth-order valence-electron chi connectivity index (χ4n) is 2.96. The standard InChI is InChI=1S/C21H22ClNO4/c1-26-18-8-2-15(3-9-18)10-13-23-19(24)14-27-20(25)21(11-12-21)16-4-6-17(22)7-5-16/h2-9H,10-14H2,1H3,(H,23,24). The highest BCUT2D eigenvalue weighted by Crippen LogP contribution is 2.49. The Balaban J connectivity index is 1.42. The Bertz CT molecular complexity index is 798. The van der Waals surface area contributed by atoms with E-state index in [0.717, 1.165) is 29.7 Å². The minimum absolute atomic E-state index is 0.267. The SMILES string of the molecule is COc1ccc(CCNC(=O)COC(=O)C2(c3ccc(Cl)cc3)CC2)cc1. The first kappa shape index (κ1) is 19.2. The van der Waals surface area contributed by atoms with Crippen molar-refractivity contribution in [3.8, 4) is 5.75 Å². The van der Waals surface area contributed by atoms with Crippen molar-refractivity contribution in [2.75, 3.05) is 20.3 Å². The number of rotatable bonds is 8. The van der Waals surface area contributed by atoms with Gasteiger partial charge in [-0.25, -0.2) is 0 Å². The van der Waals surface area contributed by atoms with Crippen LogP contribution in [0.4, 0.5) is 0 Å². The van der Waals surface area contributed by atoms with Crippen LogP contribution in [0.15, 0.2) is 48.5 Å². The summed E-state index contributed by atoms with van der Waals surface area (Å²) in [5.41, 5.74) is 1.36. The molecule has 1 N–H and O–H groups in total. The summed E-state index contributed by atoms with van der Waals surface area (Å²) in [5, 5.41) is 3.39. The van der Waals surface area contributed by atoms with Crippen LogP contribution in [-0.4, -0.2) is 32.1 Å². The molecule has 0 bridgehead atoms. The lowest BCUT2D eigenvalue weighted by atomic mass is 9.96. The van der Waals surface area contributed by atoms with E-state index in [-0.39, 0.29) is 18.5 Å². The van der Waals surface area contributed by atoms with E-state index >= 15 is 0 Å². The molecule has 2 aromatic rings. The maximum atomic E-state index is 12.4. The molecule has 1 aliphatic carbocycles. The van der Waals surface area contributed by atoms with Gasteiger partial charge in [-0.2, -0.15) is 0 Å². The second-order valence-electron chi connectivity index (χ2n) is 6.61. The van der Waals surface area contributed by atoms with Gasteiger partial charge in [-0.15, -0.1) is 0 Å². The molecule has 0 aromatic heterocycles. The fourth-order valence-corrected chi connectivity index (χ4v) is 3.09. The molecule has 0 aliphatic heterocycles. The molecule has 0 heterocycles. The first-order valence-electron chi connectivity index (χ1n) is 8.86. The summed E-state index contributed by atoms with van der Waals surface area (Å²) < 4.78 is 10.4. The van der Waals surface area contributed by atoms with Gasteiger partial charge >= 0.3 is 5.97 Å². The van der Waals surface area contributed by atoms with E-state index < -0.39 is 5.41 Å². The third-order valence-corrected chi connectivity index (χ3v) is 5.02. The lowest BCUT2D eigenvalue weighted by molar-refractivity contribution is -0.151. The van der Waals surface area contributed by atoms with Crippen LogP contribution in [0, 0.1) is 0 Å². The van der Waals surface area contributed by atoms with Gasteiger partial charge in [0.25, 0.3) is 5.91 Å². The Morgan fingerprint density at radius 1 is 1.07 bits per heavy atom. The van der Waals surface area contributed by atoms with Gasteiger partial charge in [-0.1, -0.05) is 35.9 Å². The molecule has 1 saturated carbocycles. The highest BCUT2D eigenvalue weighted by molar-refractivity contribution is 6.30. The van der Waals surface area contributed by atoms with Gasteiger partial charge in [0.05, 0.1) is 12.5 Å². The second kappa shape index (κ2) is 8.44. The van der Waals surface area contributed by atoms with E-state index in [2.05, 4.69) is 5.32 Å². The van der Waals surface area contributed by atoms with Crippen molar-refractivity contribution >= 4 is 23.5 Å². The molecule has 1 amide bonds. The Morgan fingerprint density at radius 2 is 1.74 bits per heavy atom. The first-order valence-corrected chi connectivity index (χ1v) is 9.24. The number of nitrogens with one attached hydrogen (secondary N) is 1. The topological polar surface area (TPSA) is 64.6 Å². The maximum Gasteiger partial charge on any atom is 0.317 e. The van der Waals surface area contributed by atoms with Gasteiger partial charge in [-0.3, -0.25) is 9.59 Å². The molecule has 1 fully saturated rings. The monoisotopic (exact) mass is 387 g/mol. The predicted molar refractivity (Wildman–Crippen MR) is 103 cm³/mol. The van der Waals surface area contributed by atoms with Crippen molar-refractivity contribution in [3.05, 3.63) is 64.7 Å². The summed E-state index contributed by atoms with van der Waals surface area (Å²) in [6.07, 6.45) is 2.15. The number of hydrogen-bond acceptors (Lipinski definition) is 4. The molecule has 3 rings (SSSR count). The van der Waals surface area contributed by atoms with Crippen molar-refractivity contribution in [3.63, 3.8) is 0 Å². The average Bonchev–Trinajstić information content (AvgIpc) is 3.49. The van der Waals surface area contributed by atoms with Gasteiger partial charge in [0.2, 0.25) is 0 Å². The Kier molecular flexibility index (Phi) is 6.01. The van der Waals surface area contributed by atoms with Crippen molar-refractivity contribution in [2.24, 2.45) is 0 Å². The normalized spacial score (nSPS) is 14.3. The first-order chi connectivity index (χ1) is 13.0. The lowest BCUT2D eigenvalue weighted by Crippen LogP contribution is -2.33. The molecule has 0 radical (unpaired) electrons. The van der Waals surface area contributed by atoms with Crippen LogP contribution in [0.3, 0.4) is 0 Å². The molecule has 0 spiro atoms. The maximum absolute atomic E-state index is 12.4. The zero-order valence-electron chi connectivity index (χ0n) is 15.2. The van der Waals surface area contributed by atoms with Crippen molar-refractivity contribution in [2.45, 2.75) is 24.7 Å². The Hall–Kier alpha value is -2.53. The molecule has 27 heavy (non-hydrogen) atoms. The quantitative estimate of drug-likeness (QED) is 0.706. The van der Waals surface area contributed by atoms with Crippen molar-refractivity contribution in [1.82, 2.24) is 5.32 Å². The number of carbonyl (C=O) groups excluding carboxylic acids is 2. The summed E-state index contributed by atoms with van der Waals surface area (Å²) in [6, 6.07) is 14.9. The molecule has 5 nitrogen and oxygen atoms in total. The molecule has 0 saturated heterocycles.